The average molecular weight is 354 g/mol. The van der Waals surface area contributed by atoms with E-state index in [0.29, 0.717) is 25.0 Å². The van der Waals surface area contributed by atoms with Gasteiger partial charge in [0, 0.05) is 25.7 Å². The van der Waals surface area contributed by atoms with Gasteiger partial charge in [-0.15, -0.1) is 0 Å². The van der Waals surface area contributed by atoms with Crippen LogP contribution in [0.2, 0.25) is 0 Å². The maximum atomic E-state index is 11.6. The second-order valence-electron chi connectivity index (χ2n) is 7.08. The van der Waals surface area contributed by atoms with Crippen LogP contribution in [0.5, 0.6) is 11.5 Å². The van der Waals surface area contributed by atoms with Gasteiger partial charge in [0.05, 0.1) is 6.26 Å². The smallest absolute Gasteiger partial charge is 0.209 e. The Morgan fingerprint density at radius 3 is 2.58 bits per heavy atom. The maximum Gasteiger partial charge on any atom is 0.209 e. The van der Waals surface area contributed by atoms with E-state index in [1.807, 2.05) is 12.1 Å². The van der Waals surface area contributed by atoms with E-state index in [2.05, 4.69) is 29.5 Å². The number of fused-ring (bicyclic) bond motifs is 1. The van der Waals surface area contributed by atoms with E-state index in [1.54, 1.807) is 0 Å². The van der Waals surface area contributed by atoms with Crippen LogP contribution < -0.4 is 14.2 Å². The van der Waals surface area contributed by atoms with Crippen molar-refractivity contribution >= 4 is 10.0 Å². The number of nitrogens with zero attached hydrogens (tertiary/aromatic N) is 1. The summed E-state index contributed by atoms with van der Waals surface area (Å²) in [6, 6.07) is 5.99. The molecule has 1 aromatic carbocycles. The van der Waals surface area contributed by atoms with Gasteiger partial charge in [0.2, 0.25) is 10.0 Å². The zero-order chi connectivity index (χ0) is 17.3. The summed E-state index contributed by atoms with van der Waals surface area (Å²) in [4.78, 5) is 2.30. The second-order valence-corrected chi connectivity index (χ2v) is 8.86. The van der Waals surface area contributed by atoms with E-state index in [1.165, 1.54) is 6.26 Å². The Bertz CT molecular complexity index is 690. The van der Waals surface area contributed by atoms with Gasteiger partial charge in [-0.05, 0) is 29.5 Å². The Labute approximate surface area is 144 Å². The predicted octanol–water partition coefficient (Wildman–Crippen LogP) is 1.46. The van der Waals surface area contributed by atoms with Crippen LogP contribution in [0, 0.1) is 11.8 Å². The largest absolute Gasteiger partial charge is 0.486 e. The molecule has 2 aliphatic heterocycles. The molecule has 0 aliphatic carbocycles. The first-order valence-corrected chi connectivity index (χ1v) is 10.3. The predicted molar refractivity (Wildman–Crippen MR) is 92.8 cm³/mol. The van der Waals surface area contributed by atoms with Crippen molar-refractivity contribution in [3.63, 3.8) is 0 Å². The molecular formula is C17H26N2O4S. The Morgan fingerprint density at radius 2 is 1.92 bits per heavy atom. The summed E-state index contributed by atoms with van der Waals surface area (Å²) in [7, 11) is -3.20. The lowest BCUT2D eigenvalue weighted by molar-refractivity contribution is 0.171. The van der Waals surface area contributed by atoms with Gasteiger partial charge in [-0.25, -0.2) is 13.1 Å². The molecular weight excluding hydrogens is 328 g/mol. The van der Waals surface area contributed by atoms with Crippen molar-refractivity contribution in [3.8, 4) is 11.5 Å². The standard InChI is InChI=1S/C17H26N2O4S/c1-12(2)14-10-19(11-15(14)18-24(3,20)21)9-13-4-5-16-17(8-13)23-7-6-22-16/h4-5,8,12,14-15,18H,6-7,9-11H2,1-3H3/t14-,15+/m0/s1. The third kappa shape index (κ3) is 4.20. The van der Waals surface area contributed by atoms with Gasteiger partial charge in [0.25, 0.3) is 0 Å². The van der Waals surface area contributed by atoms with E-state index in [9.17, 15) is 8.42 Å². The molecule has 1 fully saturated rings. The van der Waals surface area contributed by atoms with Crippen molar-refractivity contribution in [2.75, 3.05) is 32.6 Å². The Kier molecular flexibility index (Phi) is 5.03. The summed E-state index contributed by atoms with van der Waals surface area (Å²) < 4.78 is 37.2. The Balaban J connectivity index is 1.69. The molecule has 2 heterocycles. The highest BCUT2D eigenvalue weighted by atomic mass is 32.2. The molecule has 24 heavy (non-hydrogen) atoms. The number of benzene rings is 1. The lowest BCUT2D eigenvalue weighted by Gasteiger charge is -2.22. The summed E-state index contributed by atoms with van der Waals surface area (Å²) in [6.07, 6.45) is 1.23. The zero-order valence-electron chi connectivity index (χ0n) is 14.5. The van der Waals surface area contributed by atoms with E-state index in [-0.39, 0.29) is 6.04 Å². The van der Waals surface area contributed by atoms with Gasteiger partial charge >= 0.3 is 0 Å². The molecule has 0 unspecified atom stereocenters. The molecule has 3 rings (SSSR count). The first-order valence-electron chi connectivity index (χ1n) is 8.40. The fourth-order valence-electron chi connectivity index (χ4n) is 3.56. The van der Waals surface area contributed by atoms with Crippen molar-refractivity contribution in [1.29, 1.82) is 0 Å². The average Bonchev–Trinajstić information content (AvgIpc) is 2.87. The topological polar surface area (TPSA) is 67.9 Å². The quantitative estimate of drug-likeness (QED) is 0.867. The molecule has 0 saturated carbocycles. The lowest BCUT2D eigenvalue weighted by atomic mass is 9.92. The SMILES string of the molecule is CC(C)[C@@H]1CN(Cc2ccc3c(c2)OCCO3)C[C@H]1NS(C)(=O)=O. The van der Waals surface area contributed by atoms with Crippen LogP contribution in [0.15, 0.2) is 18.2 Å². The number of hydrogen-bond donors (Lipinski definition) is 1. The molecule has 7 heteroatoms. The van der Waals surface area contributed by atoms with Crippen molar-refractivity contribution in [3.05, 3.63) is 23.8 Å². The zero-order valence-corrected chi connectivity index (χ0v) is 15.3. The fraction of sp³-hybridized carbons (Fsp3) is 0.647. The molecule has 6 nitrogen and oxygen atoms in total. The molecule has 1 aromatic rings. The fourth-order valence-corrected chi connectivity index (χ4v) is 4.36. The maximum absolute atomic E-state index is 11.6. The van der Waals surface area contributed by atoms with Crippen molar-refractivity contribution in [2.45, 2.75) is 26.4 Å². The van der Waals surface area contributed by atoms with E-state index in [0.717, 1.165) is 36.7 Å². The summed E-state index contributed by atoms with van der Waals surface area (Å²) >= 11 is 0. The van der Waals surface area contributed by atoms with E-state index >= 15 is 0 Å². The highest BCUT2D eigenvalue weighted by Gasteiger charge is 2.36. The molecule has 2 atom stereocenters. The number of sulfonamides is 1. The summed E-state index contributed by atoms with van der Waals surface area (Å²) in [5.41, 5.74) is 1.15. The van der Waals surface area contributed by atoms with Gasteiger partial charge in [0.1, 0.15) is 13.2 Å². The minimum atomic E-state index is -3.20. The Morgan fingerprint density at radius 1 is 1.21 bits per heavy atom. The third-order valence-electron chi connectivity index (χ3n) is 4.68. The highest BCUT2D eigenvalue weighted by Crippen LogP contribution is 2.32. The molecule has 0 amide bonds. The number of likely N-dealkylation sites (tertiary alicyclic amines) is 1. The Hall–Kier alpha value is -1.31. The van der Waals surface area contributed by atoms with Gasteiger partial charge in [0.15, 0.2) is 11.5 Å². The number of hydrogen-bond acceptors (Lipinski definition) is 5. The first-order chi connectivity index (χ1) is 11.3. The lowest BCUT2D eigenvalue weighted by Crippen LogP contribution is -2.41. The molecule has 0 bridgehead atoms. The third-order valence-corrected chi connectivity index (χ3v) is 5.41. The molecule has 0 radical (unpaired) electrons. The van der Waals surface area contributed by atoms with Gasteiger partial charge < -0.3 is 9.47 Å². The normalized spacial score (nSPS) is 24.5. The summed E-state index contributed by atoms with van der Waals surface area (Å²) in [5, 5.41) is 0. The number of nitrogens with one attached hydrogen (secondary N) is 1. The molecule has 134 valence electrons. The van der Waals surface area contributed by atoms with Crippen LogP contribution in [-0.2, 0) is 16.6 Å². The number of rotatable bonds is 5. The van der Waals surface area contributed by atoms with Crippen LogP contribution in [0.4, 0.5) is 0 Å². The molecule has 0 spiro atoms. The van der Waals surface area contributed by atoms with Crippen LogP contribution in [0.25, 0.3) is 0 Å². The molecule has 1 N–H and O–H groups in total. The second kappa shape index (κ2) is 6.90. The highest BCUT2D eigenvalue weighted by molar-refractivity contribution is 7.88. The van der Waals surface area contributed by atoms with Crippen LogP contribution >= 0.6 is 0 Å². The monoisotopic (exact) mass is 354 g/mol. The number of ether oxygens (including phenoxy) is 2. The van der Waals surface area contributed by atoms with Crippen molar-refractivity contribution < 1.29 is 17.9 Å². The molecule has 0 aromatic heterocycles. The van der Waals surface area contributed by atoms with Crippen LogP contribution in [0.1, 0.15) is 19.4 Å². The summed E-state index contributed by atoms with van der Waals surface area (Å²) in [5.74, 6) is 2.33. The van der Waals surface area contributed by atoms with Crippen LogP contribution in [-0.4, -0.2) is 51.9 Å². The van der Waals surface area contributed by atoms with Gasteiger partial charge in [-0.1, -0.05) is 19.9 Å². The van der Waals surface area contributed by atoms with Gasteiger partial charge in [-0.3, -0.25) is 4.90 Å². The summed E-state index contributed by atoms with van der Waals surface area (Å²) in [6.45, 7) is 7.86. The molecule has 1 saturated heterocycles. The van der Waals surface area contributed by atoms with E-state index < -0.39 is 10.0 Å². The first kappa shape index (κ1) is 17.5. The minimum absolute atomic E-state index is 0.0304. The minimum Gasteiger partial charge on any atom is -0.486 e. The van der Waals surface area contributed by atoms with Gasteiger partial charge in [-0.2, -0.15) is 0 Å². The van der Waals surface area contributed by atoms with E-state index in [4.69, 9.17) is 9.47 Å². The molecule has 2 aliphatic rings. The van der Waals surface area contributed by atoms with Crippen molar-refractivity contribution in [1.82, 2.24) is 9.62 Å². The van der Waals surface area contributed by atoms with Crippen molar-refractivity contribution in [2.24, 2.45) is 11.8 Å². The van der Waals surface area contributed by atoms with Crippen LogP contribution in [0.3, 0.4) is 0 Å².